The van der Waals surface area contributed by atoms with Crippen LogP contribution in [-0.4, -0.2) is 60.5 Å². The van der Waals surface area contributed by atoms with E-state index in [0.717, 1.165) is 13.1 Å². The van der Waals surface area contributed by atoms with Gasteiger partial charge in [-0.3, -0.25) is 15.5 Å². The number of fused-ring (bicyclic) bond motifs is 1. The van der Waals surface area contributed by atoms with E-state index in [1.54, 1.807) is 0 Å². The van der Waals surface area contributed by atoms with Gasteiger partial charge in [0.1, 0.15) is 18.5 Å². The smallest absolute Gasteiger partial charge is 0.139 e. The molecular formula is C11H20FN3O2. The van der Waals surface area contributed by atoms with Crippen LogP contribution in [0, 0.1) is 0 Å². The van der Waals surface area contributed by atoms with Gasteiger partial charge in [-0.2, -0.15) is 0 Å². The van der Waals surface area contributed by atoms with Crippen molar-refractivity contribution in [2.24, 2.45) is 0 Å². The molecule has 3 fully saturated rings. The summed E-state index contributed by atoms with van der Waals surface area (Å²) in [7, 11) is 2.03. The van der Waals surface area contributed by atoms with Crippen LogP contribution in [0.1, 0.15) is 19.3 Å². The number of nitrogens with zero attached hydrogens (tertiary/aromatic N) is 1. The van der Waals surface area contributed by atoms with Crippen LogP contribution in [0.15, 0.2) is 0 Å². The maximum Gasteiger partial charge on any atom is 0.139 e. The van der Waals surface area contributed by atoms with E-state index in [1.807, 2.05) is 7.05 Å². The largest absolute Gasteiger partial charge is 0.390 e. The van der Waals surface area contributed by atoms with E-state index in [0.29, 0.717) is 12.8 Å². The summed E-state index contributed by atoms with van der Waals surface area (Å²) in [5.74, 6) is 0. The van der Waals surface area contributed by atoms with Crippen molar-refractivity contribution in [3.63, 3.8) is 0 Å². The SMILES string of the molecule is CN(C1CCC(F)C(O)C1)C1NCNC2OC21. The minimum absolute atomic E-state index is 0.172. The number of likely N-dealkylation sites (N-methyl/N-ethyl adjacent to an activating group) is 1. The maximum atomic E-state index is 13.2. The van der Waals surface area contributed by atoms with Crippen molar-refractivity contribution >= 4 is 0 Å². The third-order valence-corrected chi connectivity index (χ3v) is 4.17. The van der Waals surface area contributed by atoms with Gasteiger partial charge >= 0.3 is 0 Å². The van der Waals surface area contributed by atoms with E-state index in [4.69, 9.17) is 4.74 Å². The Bertz CT molecular complexity index is 294. The molecule has 17 heavy (non-hydrogen) atoms. The molecule has 3 rings (SSSR count). The first-order valence-corrected chi connectivity index (χ1v) is 6.33. The molecule has 0 aromatic heterocycles. The van der Waals surface area contributed by atoms with Crippen LogP contribution in [0.5, 0.6) is 0 Å². The van der Waals surface area contributed by atoms with Gasteiger partial charge in [-0.1, -0.05) is 0 Å². The Balaban J connectivity index is 1.60. The molecule has 0 bridgehead atoms. The second kappa shape index (κ2) is 4.44. The molecule has 5 nitrogen and oxygen atoms in total. The lowest BCUT2D eigenvalue weighted by molar-refractivity contribution is -0.00916. The number of epoxide rings is 1. The van der Waals surface area contributed by atoms with Gasteiger partial charge in [0.15, 0.2) is 0 Å². The third-order valence-electron chi connectivity index (χ3n) is 4.17. The summed E-state index contributed by atoms with van der Waals surface area (Å²) in [6.07, 6.45) is 0.447. The molecule has 3 N–H and O–H groups in total. The number of rotatable bonds is 2. The number of ether oxygens (including phenoxy) is 1. The second-order valence-electron chi connectivity index (χ2n) is 5.27. The number of halogens is 1. The molecule has 98 valence electrons. The fourth-order valence-corrected chi connectivity index (χ4v) is 2.97. The number of alkyl halides is 1. The topological polar surface area (TPSA) is 60.1 Å². The average molecular weight is 245 g/mol. The predicted octanol–water partition coefficient (Wildman–Crippen LogP) is -0.629. The zero-order valence-electron chi connectivity index (χ0n) is 9.97. The zero-order valence-corrected chi connectivity index (χ0v) is 9.97. The summed E-state index contributed by atoms with van der Waals surface area (Å²) >= 11 is 0. The normalized spacial score (nSPS) is 50.1. The molecule has 0 radical (unpaired) electrons. The van der Waals surface area contributed by atoms with E-state index in [2.05, 4.69) is 15.5 Å². The number of aliphatic hydroxyl groups is 1. The molecule has 2 saturated heterocycles. The van der Waals surface area contributed by atoms with Crippen molar-refractivity contribution in [1.29, 1.82) is 0 Å². The van der Waals surface area contributed by atoms with Crippen molar-refractivity contribution in [3.05, 3.63) is 0 Å². The summed E-state index contributed by atoms with van der Waals surface area (Å²) in [5.41, 5.74) is 0. The number of hydrogen-bond acceptors (Lipinski definition) is 5. The second-order valence-corrected chi connectivity index (χ2v) is 5.27. The Labute approximate surface area is 100 Å². The van der Waals surface area contributed by atoms with E-state index in [9.17, 15) is 9.50 Å². The molecule has 0 aromatic carbocycles. The molecule has 2 aliphatic heterocycles. The Morgan fingerprint density at radius 2 is 2.18 bits per heavy atom. The highest BCUT2D eigenvalue weighted by Gasteiger charge is 2.50. The van der Waals surface area contributed by atoms with Gasteiger partial charge in [-0.25, -0.2) is 4.39 Å². The molecule has 6 heteroatoms. The van der Waals surface area contributed by atoms with E-state index >= 15 is 0 Å². The summed E-state index contributed by atoms with van der Waals surface area (Å²) in [6.45, 7) is 0.733. The van der Waals surface area contributed by atoms with Crippen LogP contribution in [0.25, 0.3) is 0 Å². The first kappa shape index (κ1) is 11.8. The molecule has 1 aliphatic carbocycles. The summed E-state index contributed by atoms with van der Waals surface area (Å²) in [5, 5.41) is 16.1. The van der Waals surface area contributed by atoms with Gasteiger partial charge in [0.05, 0.1) is 12.3 Å². The van der Waals surface area contributed by atoms with Crippen molar-refractivity contribution in [3.8, 4) is 0 Å². The molecular weight excluding hydrogens is 225 g/mol. The fraction of sp³-hybridized carbons (Fsp3) is 1.00. The predicted molar refractivity (Wildman–Crippen MR) is 59.9 cm³/mol. The summed E-state index contributed by atoms with van der Waals surface area (Å²) in [6, 6.07) is 0.234. The van der Waals surface area contributed by atoms with Crippen LogP contribution in [-0.2, 0) is 4.74 Å². The maximum absolute atomic E-state index is 13.2. The molecule has 2 heterocycles. The van der Waals surface area contributed by atoms with Crippen molar-refractivity contribution in [2.75, 3.05) is 13.7 Å². The Morgan fingerprint density at radius 1 is 1.35 bits per heavy atom. The van der Waals surface area contributed by atoms with Crippen LogP contribution in [0.4, 0.5) is 4.39 Å². The lowest BCUT2D eigenvalue weighted by Crippen LogP contribution is -2.59. The van der Waals surface area contributed by atoms with Gasteiger partial charge in [-0.05, 0) is 26.3 Å². The van der Waals surface area contributed by atoms with Gasteiger partial charge in [0, 0.05) is 12.7 Å². The first-order chi connectivity index (χ1) is 8.16. The Hall–Kier alpha value is -0.270. The van der Waals surface area contributed by atoms with Crippen molar-refractivity contribution in [2.45, 2.75) is 56.1 Å². The lowest BCUT2D eigenvalue weighted by atomic mass is 9.90. The molecule has 6 unspecified atom stereocenters. The van der Waals surface area contributed by atoms with Crippen LogP contribution < -0.4 is 10.6 Å². The monoisotopic (exact) mass is 245 g/mol. The Kier molecular flexibility index (Phi) is 3.08. The number of hydrogen-bond donors (Lipinski definition) is 3. The standard InChI is InChI=1S/C11H20FN3O2/c1-15(6-2-3-7(12)8(16)4-6)10-9-11(17-9)14-5-13-10/h6-11,13-14,16H,2-5H2,1H3. The highest BCUT2D eigenvalue weighted by Crippen LogP contribution is 2.31. The average Bonchev–Trinajstić information content (AvgIpc) is 3.10. The third kappa shape index (κ3) is 2.20. The van der Waals surface area contributed by atoms with Crippen molar-refractivity contribution in [1.82, 2.24) is 15.5 Å². The Morgan fingerprint density at radius 3 is 2.94 bits per heavy atom. The summed E-state index contributed by atoms with van der Waals surface area (Å²) < 4.78 is 18.7. The molecule has 0 spiro atoms. The molecule has 6 atom stereocenters. The van der Waals surface area contributed by atoms with E-state index in [1.165, 1.54) is 0 Å². The van der Waals surface area contributed by atoms with Gasteiger partial charge in [0.2, 0.25) is 0 Å². The van der Waals surface area contributed by atoms with Gasteiger partial charge < -0.3 is 9.84 Å². The minimum Gasteiger partial charge on any atom is -0.390 e. The molecule has 0 aromatic rings. The lowest BCUT2D eigenvalue weighted by Gasteiger charge is -2.40. The van der Waals surface area contributed by atoms with E-state index < -0.39 is 12.3 Å². The first-order valence-electron chi connectivity index (χ1n) is 6.33. The van der Waals surface area contributed by atoms with Crippen LogP contribution in [0.2, 0.25) is 0 Å². The summed E-state index contributed by atoms with van der Waals surface area (Å²) in [4.78, 5) is 2.20. The fourth-order valence-electron chi connectivity index (χ4n) is 2.97. The minimum atomic E-state index is -1.05. The van der Waals surface area contributed by atoms with Crippen LogP contribution >= 0.6 is 0 Å². The molecule has 1 saturated carbocycles. The van der Waals surface area contributed by atoms with Crippen molar-refractivity contribution < 1.29 is 14.2 Å². The molecule has 0 amide bonds. The zero-order chi connectivity index (χ0) is 12.0. The molecule has 3 aliphatic rings. The van der Waals surface area contributed by atoms with Gasteiger partial charge in [-0.15, -0.1) is 0 Å². The number of nitrogens with one attached hydrogen (secondary N) is 2. The van der Waals surface area contributed by atoms with E-state index in [-0.39, 0.29) is 24.5 Å². The highest BCUT2D eigenvalue weighted by atomic mass is 19.1. The highest BCUT2D eigenvalue weighted by molar-refractivity contribution is 4.98. The van der Waals surface area contributed by atoms with Crippen LogP contribution in [0.3, 0.4) is 0 Å². The quantitative estimate of drug-likeness (QED) is 0.566. The van der Waals surface area contributed by atoms with Gasteiger partial charge in [0.25, 0.3) is 0 Å². The number of aliphatic hydroxyl groups excluding tert-OH is 1.